The summed E-state index contributed by atoms with van der Waals surface area (Å²) in [6, 6.07) is 5.56. The van der Waals surface area contributed by atoms with Crippen molar-refractivity contribution in [1.29, 1.82) is 0 Å². The standard InChI is InChI=1S/C19H28N2O3S/c1-14(2)19(22)21-12-6-7-15-13-16(10-11-18(15)21)20-25(23,24)17-8-4-3-5-9-17/h10-11,13-14,17,20H,3-9,12H2,1-2H3. The molecule has 0 atom stereocenters. The summed E-state index contributed by atoms with van der Waals surface area (Å²) in [5.74, 6) is 0.0758. The molecule has 3 rings (SSSR count). The van der Waals surface area contributed by atoms with E-state index in [1.54, 1.807) is 6.07 Å². The Labute approximate surface area is 150 Å². The van der Waals surface area contributed by atoms with Crippen molar-refractivity contribution < 1.29 is 13.2 Å². The van der Waals surface area contributed by atoms with Gasteiger partial charge in [-0.15, -0.1) is 0 Å². The van der Waals surface area contributed by atoms with Crippen LogP contribution in [0.3, 0.4) is 0 Å². The number of amides is 1. The highest BCUT2D eigenvalue weighted by Crippen LogP contribution is 2.32. The van der Waals surface area contributed by atoms with Gasteiger partial charge in [-0.3, -0.25) is 9.52 Å². The molecule has 1 aliphatic carbocycles. The highest BCUT2D eigenvalue weighted by molar-refractivity contribution is 7.93. The van der Waals surface area contributed by atoms with E-state index in [-0.39, 0.29) is 17.1 Å². The Balaban J connectivity index is 1.80. The van der Waals surface area contributed by atoms with Gasteiger partial charge in [0.15, 0.2) is 0 Å². The van der Waals surface area contributed by atoms with Crippen molar-refractivity contribution in [3.8, 4) is 0 Å². The molecule has 5 nitrogen and oxygen atoms in total. The van der Waals surface area contributed by atoms with Gasteiger partial charge >= 0.3 is 0 Å². The Bertz CT molecular complexity index is 737. The van der Waals surface area contributed by atoms with Crippen LogP contribution in [-0.2, 0) is 21.2 Å². The van der Waals surface area contributed by atoms with Gasteiger partial charge < -0.3 is 4.90 Å². The molecule has 1 aromatic rings. The zero-order chi connectivity index (χ0) is 18.0. The number of anilines is 2. The van der Waals surface area contributed by atoms with Gasteiger partial charge in [-0.25, -0.2) is 8.42 Å². The van der Waals surface area contributed by atoms with Crippen molar-refractivity contribution in [3.63, 3.8) is 0 Å². The summed E-state index contributed by atoms with van der Waals surface area (Å²) < 4.78 is 28.0. The molecule has 1 amide bonds. The van der Waals surface area contributed by atoms with Gasteiger partial charge in [0, 0.05) is 23.8 Å². The number of hydrogen-bond acceptors (Lipinski definition) is 3. The van der Waals surface area contributed by atoms with Gasteiger partial charge in [-0.05, 0) is 49.4 Å². The lowest BCUT2D eigenvalue weighted by molar-refractivity contribution is -0.121. The second kappa shape index (κ2) is 7.36. The van der Waals surface area contributed by atoms with E-state index >= 15 is 0 Å². The smallest absolute Gasteiger partial charge is 0.235 e. The second-order valence-corrected chi connectivity index (χ2v) is 9.46. The molecule has 0 bridgehead atoms. The first kappa shape index (κ1) is 18.2. The molecule has 1 saturated carbocycles. The van der Waals surface area contributed by atoms with Crippen LogP contribution in [0.1, 0.15) is 57.9 Å². The fourth-order valence-electron chi connectivity index (χ4n) is 3.82. The second-order valence-electron chi connectivity index (χ2n) is 7.50. The van der Waals surface area contributed by atoms with Gasteiger partial charge in [-0.1, -0.05) is 33.1 Å². The molecule has 1 N–H and O–H groups in total. The van der Waals surface area contributed by atoms with Crippen LogP contribution in [0.15, 0.2) is 18.2 Å². The fourth-order valence-corrected chi connectivity index (χ4v) is 5.40. The van der Waals surface area contributed by atoms with Crippen LogP contribution in [0.5, 0.6) is 0 Å². The van der Waals surface area contributed by atoms with Crippen molar-refractivity contribution in [3.05, 3.63) is 23.8 Å². The van der Waals surface area contributed by atoms with E-state index in [1.807, 2.05) is 30.9 Å². The maximum atomic E-state index is 12.6. The minimum absolute atomic E-state index is 0.0459. The monoisotopic (exact) mass is 364 g/mol. The van der Waals surface area contributed by atoms with E-state index in [9.17, 15) is 13.2 Å². The Morgan fingerprint density at radius 1 is 1.16 bits per heavy atom. The maximum absolute atomic E-state index is 12.6. The lowest BCUT2D eigenvalue weighted by atomic mass is 9.99. The van der Waals surface area contributed by atoms with Gasteiger partial charge in [0.1, 0.15) is 0 Å². The van der Waals surface area contributed by atoms with Crippen LogP contribution < -0.4 is 9.62 Å². The van der Waals surface area contributed by atoms with E-state index in [0.717, 1.165) is 62.7 Å². The number of carbonyl (C=O) groups excluding carboxylic acids is 1. The van der Waals surface area contributed by atoms with E-state index in [0.29, 0.717) is 5.69 Å². The lowest BCUT2D eigenvalue weighted by Gasteiger charge is -2.31. The third-order valence-corrected chi connectivity index (χ3v) is 7.08. The molecule has 1 heterocycles. The van der Waals surface area contributed by atoms with Crippen LogP contribution in [0.25, 0.3) is 0 Å². The van der Waals surface area contributed by atoms with Gasteiger partial charge in [0.2, 0.25) is 15.9 Å². The summed E-state index contributed by atoms with van der Waals surface area (Å²) in [4.78, 5) is 14.2. The largest absolute Gasteiger partial charge is 0.312 e. The average molecular weight is 365 g/mol. The maximum Gasteiger partial charge on any atom is 0.235 e. The first-order valence-corrected chi connectivity index (χ1v) is 10.9. The average Bonchev–Trinajstić information content (AvgIpc) is 2.60. The van der Waals surface area contributed by atoms with E-state index < -0.39 is 10.0 Å². The van der Waals surface area contributed by atoms with Crippen molar-refractivity contribution in [2.45, 2.75) is 64.0 Å². The number of fused-ring (bicyclic) bond motifs is 1. The molecule has 6 heteroatoms. The predicted octanol–water partition coefficient (Wildman–Crippen LogP) is 3.70. The third-order valence-electron chi connectivity index (χ3n) is 5.21. The number of hydrogen-bond donors (Lipinski definition) is 1. The SMILES string of the molecule is CC(C)C(=O)N1CCCc2cc(NS(=O)(=O)C3CCCCC3)ccc21. The van der Waals surface area contributed by atoms with Gasteiger partial charge in [0.25, 0.3) is 0 Å². The first-order valence-electron chi connectivity index (χ1n) is 9.34. The van der Waals surface area contributed by atoms with Crippen LogP contribution >= 0.6 is 0 Å². The lowest BCUT2D eigenvalue weighted by Crippen LogP contribution is -2.38. The Morgan fingerprint density at radius 3 is 2.56 bits per heavy atom. The molecule has 0 aromatic heterocycles. The summed E-state index contributed by atoms with van der Waals surface area (Å²) >= 11 is 0. The molecule has 1 fully saturated rings. The number of nitrogens with one attached hydrogen (secondary N) is 1. The normalized spacial score (nSPS) is 18.9. The number of carbonyl (C=O) groups is 1. The molecule has 25 heavy (non-hydrogen) atoms. The summed E-state index contributed by atoms with van der Waals surface area (Å²) in [5, 5.41) is -0.281. The van der Waals surface area contributed by atoms with Crippen molar-refractivity contribution in [2.75, 3.05) is 16.2 Å². The number of benzene rings is 1. The third kappa shape index (κ3) is 4.00. The molecule has 0 radical (unpaired) electrons. The zero-order valence-electron chi connectivity index (χ0n) is 15.1. The number of sulfonamides is 1. The first-order chi connectivity index (χ1) is 11.9. The molecule has 138 valence electrons. The topological polar surface area (TPSA) is 66.5 Å². The Kier molecular flexibility index (Phi) is 5.37. The molecular weight excluding hydrogens is 336 g/mol. The highest BCUT2D eigenvalue weighted by Gasteiger charge is 2.28. The highest BCUT2D eigenvalue weighted by atomic mass is 32.2. The molecule has 2 aliphatic rings. The fraction of sp³-hybridized carbons (Fsp3) is 0.632. The molecular formula is C19H28N2O3S. The number of aryl methyl sites for hydroxylation is 1. The van der Waals surface area contributed by atoms with Crippen LogP contribution in [0.2, 0.25) is 0 Å². The summed E-state index contributed by atoms with van der Waals surface area (Å²) in [6.45, 7) is 4.55. The molecule has 0 saturated heterocycles. The van der Waals surface area contributed by atoms with Crippen molar-refractivity contribution >= 4 is 27.3 Å². The van der Waals surface area contributed by atoms with Gasteiger partial charge in [0.05, 0.1) is 5.25 Å². The Morgan fingerprint density at radius 2 is 1.88 bits per heavy atom. The van der Waals surface area contributed by atoms with E-state index in [2.05, 4.69) is 4.72 Å². The van der Waals surface area contributed by atoms with Gasteiger partial charge in [-0.2, -0.15) is 0 Å². The number of nitrogens with zero attached hydrogens (tertiary/aromatic N) is 1. The Hall–Kier alpha value is -1.56. The number of rotatable bonds is 4. The quantitative estimate of drug-likeness (QED) is 0.886. The van der Waals surface area contributed by atoms with Crippen LogP contribution in [0.4, 0.5) is 11.4 Å². The molecule has 0 unspecified atom stereocenters. The summed E-state index contributed by atoms with van der Waals surface area (Å²) in [6.07, 6.45) is 6.38. The van der Waals surface area contributed by atoms with Crippen molar-refractivity contribution in [1.82, 2.24) is 0 Å². The predicted molar refractivity (Wildman–Crippen MR) is 101 cm³/mol. The molecule has 1 aromatic carbocycles. The molecule has 1 aliphatic heterocycles. The minimum atomic E-state index is -3.34. The molecule has 0 spiro atoms. The summed E-state index contributed by atoms with van der Waals surface area (Å²) in [5.41, 5.74) is 2.58. The van der Waals surface area contributed by atoms with E-state index in [1.165, 1.54) is 0 Å². The summed E-state index contributed by atoms with van der Waals surface area (Å²) in [7, 11) is -3.34. The van der Waals surface area contributed by atoms with Crippen molar-refractivity contribution in [2.24, 2.45) is 5.92 Å². The minimum Gasteiger partial charge on any atom is -0.312 e. The van der Waals surface area contributed by atoms with Crippen LogP contribution in [-0.4, -0.2) is 26.1 Å². The zero-order valence-corrected chi connectivity index (χ0v) is 15.9. The van der Waals surface area contributed by atoms with E-state index in [4.69, 9.17) is 0 Å². The van der Waals surface area contributed by atoms with Crippen LogP contribution in [0, 0.1) is 5.92 Å².